The molecule has 1 aromatic carbocycles. The van der Waals surface area contributed by atoms with Crippen molar-refractivity contribution in [2.24, 2.45) is 0 Å². The Balaban J connectivity index is 2.03. The average molecular weight is 437 g/mol. The molecule has 0 aliphatic carbocycles. The van der Waals surface area contributed by atoms with Crippen LogP contribution in [0.25, 0.3) is 16.7 Å². The van der Waals surface area contributed by atoms with E-state index in [1.165, 1.54) is 22.6 Å². The fraction of sp³-hybridized carbons (Fsp3) is 0.261. The summed E-state index contributed by atoms with van der Waals surface area (Å²) < 4.78 is 29.6. The molecule has 7 nitrogen and oxygen atoms in total. The number of aryl methyl sites for hydroxylation is 1. The van der Waals surface area contributed by atoms with Crippen molar-refractivity contribution in [3.63, 3.8) is 0 Å². The maximum Gasteiger partial charge on any atom is 0.267 e. The lowest BCUT2D eigenvalue weighted by Gasteiger charge is -2.15. The van der Waals surface area contributed by atoms with Crippen LogP contribution in [0.3, 0.4) is 0 Å². The molecule has 4 aromatic rings. The number of hydrogen-bond acceptors (Lipinski definition) is 5. The molecule has 0 saturated heterocycles. The van der Waals surface area contributed by atoms with Crippen LogP contribution in [0, 0.1) is 5.41 Å². The highest BCUT2D eigenvalue weighted by Crippen LogP contribution is 2.20. The topological polar surface area (TPSA) is 97.3 Å². The third kappa shape index (κ3) is 3.79. The van der Waals surface area contributed by atoms with Gasteiger partial charge in [0.05, 0.1) is 10.3 Å². The van der Waals surface area contributed by atoms with E-state index >= 15 is 0 Å². The van der Waals surface area contributed by atoms with Crippen molar-refractivity contribution in [3.8, 4) is 0 Å². The van der Waals surface area contributed by atoms with Crippen LogP contribution in [0.15, 0.2) is 75.4 Å². The molecule has 0 radical (unpaired) electrons. The first-order valence-corrected chi connectivity index (χ1v) is 11.8. The highest BCUT2D eigenvalue weighted by Gasteiger charge is 2.23. The Hall–Kier alpha value is -3.26. The molecule has 1 N–H and O–H groups in total. The van der Waals surface area contributed by atoms with Crippen LogP contribution in [-0.2, 0) is 16.4 Å². The largest absolute Gasteiger partial charge is 0.310 e. The van der Waals surface area contributed by atoms with E-state index in [1.54, 1.807) is 47.2 Å². The molecule has 4 rings (SSSR count). The van der Waals surface area contributed by atoms with Gasteiger partial charge < -0.3 is 4.57 Å². The zero-order valence-electron chi connectivity index (χ0n) is 17.3. The van der Waals surface area contributed by atoms with Gasteiger partial charge in [-0.3, -0.25) is 14.6 Å². The molecule has 0 unspecified atom stereocenters. The summed E-state index contributed by atoms with van der Waals surface area (Å²) in [6.07, 6.45) is 5.44. The molecular formula is C23H24N4O3S. The van der Waals surface area contributed by atoms with Crippen molar-refractivity contribution in [3.05, 3.63) is 76.6 Å². The lowest BCUT2D eigenvalue weighted by molar-refractivity contribution is 0.559. The first-order valence-electron chi connectivity index (χ1n) is 10.3. The SMILES string of the molecule is CCCCCCn1c(=N)c(S(=O)(=O)c2ccccc2)cc2c(=O)n3ccccc3nc21. The molecule has 3 aromatic heterocycles. The third-order valence-electron chi connectivity index (χ3n) is 5.36. The highest BCUT2D eigenvalue weighted by molar-refractivity contribution is 7.91. The fourth-order valence-corrected chi connectivity index (χ4v) is 5.11. The van der Waals surface area contributed by atoms with E-state index in [4.69, 9.17) is 5.41 Å². The zero-order chi connectivity index (χ0) is 22.0. The van der Waals surface area contributed by atoms with Gasteiger partial charge in [0.25, 0.3) is 5.56 Å². The van der Waals surface area contributed by atoms with E-state index in [1.807, 2.05) is 0 Å². The number of pyridine rings is 2. The summed E-state index contributed by atoms with van der Waals surface area (Å²) in [6.45, 7) is 2.53. The third-order valence-corrected chi connectivity index (χ3v) is 7.14. The maximum absolute atomic E-state index is 13.3. The van der Waals surface area contributed by atoms with E-state index in [9.17, 15) is 13.2 Å². The average Bonchev–Trinajstić information content (AvgIpc) is 2.78. The lowest BCUT2D eigenvalue weighted by Crippen LogP contribution is -2.30. The first kappa shape index (κ1) is 21.0. The van der Waals surface area contributed by atoms with Crippen LogP contribution in [0.2, 0.25) is 0 Å². The molecular weight excluding hydrogens is 412 g/mol. The summed E-state index contributed by atoms with van der Waals surface area (Å²) in [7, 11) is -3.97. The molecule has 0 fully saturated rings. The highest BCUT2D eigenvalue weighted by atomic mass is 32.2. The van der Waals surface area contributed by atoms with Crippen molar-refractivity contribution in [1.82, 2.24) is 14.0 Å². The Morgan fingerprint density at radius 2 is 1.74 bits per heavy atom. The van der Waals surface area contributed by atoms with E-state index in [2.05, 4.69) is 11.9 Å². The normalized spacial score (nSPS) is 11.9. The molecule has 31 heavy (non-hydrogen) atoms. The predicted octanol–water partition coefficient (Wildman–Crippen LogP) is 3.54. The molecule has 0 spiro atoms. The quantitative estimate of drug-likeness (QED) is 0.354. The van der Waals surface area contributed by atoms with Gasteiger partial charge in [0.2, 0.25) is 9.84 Å². The van der Waals surface area contributed by atoms with Crippen molar-refractivity contribution in [2.75, 3.05) is 0 Å². The van der Waals surface area contributed by atoms with Crippen LogP contribution in [-0.4, -0.2) is 22.4 Å². The fourth-order valence-electron chi connectivity index (χ4n) is 3.71. The Bertz CT molecular complexity index is 1470. The van der Waals surface area contributed by atoms with Gasteiger partial charge in [0.1, 0.15) is 21.7 Å². The van der Waals surface area contributed by atoms with Gasteiger partial charge in [-0.15, -0.1) is 0 Å². The summed E-state index contributed by atoms with van der Waals surface area (Å²) in [5, 5.41) is 8.91. The Morgan fingerprint density at radius 3 is 2.48 bits per heavy atom. The minimum atomic E-state index is -3.97. The Labute approximate surface area is 180 Å². The Kier molecular flexibility index (Phi) is 5.73. The van der Waals surface area contributed by atoms with E-state index in [-0.39, 0.29) is 26.2 Å². The number of nitrogens with one attached hydrogen (secondary N) is 1. The number of rotatable bonds is 7. The smallest absolute Gasteiger partial charge is 0.267 e. The summed E-state index contributed by atoms with van der Waals surface area (Å²) in [5.41, 5.74) is 0.289. The summed E-state index contributed by atoms with van der Waals surface area (Å²) in [4.78, 5) is 17.7. The second-order valence-corrected chi connectivity index (χ2v) is 9.39. The van der Waals surface area contributed by atoms with Gasteiger partial charge in [-0.25, -0.2) is 13.4 Å². The van der Waals surface area contributed by atoms with Gasteiger partial charge in [-0.05, 0) is 36.8 Å². The predicted molar refractivity (Wildman–Crippen MR) is 119 cm³/mol. The monoisotopic (exact) mass is 436 g/mol. The number of benzene rings is 1. The van der Waals surface area contributed by atoms with Gasteiger partial charge >= 0.3 is 0 Å². The van der Waals surface area contributed by atoms with Gasteiger partial charge in [0, 0.05) is 12.7 Å². The second kappa shape index (κ2) is 8.47. The number of aromatic nitrogens is 3. The van der Waals surface area contributed by atoms with Crippen LogP contribution in [0.5, 0.6) is 0 Å². The number of nitrogens with zero attached hydrogens (tertiary/aromatic N) is 3. The first-order chi connectivity index (χ1) is 14.9. The molecule has 0 amide bonds. The minimum Gasteiger partial charge on any atom is -0.310 e. The molecule has 0 atom stereocenters. The molecule has 0 saturated carbocycles. The summed E-state index contributed by atoms with van der Waals surface area (Å²) in [5.74, 6) is 0. The molecule has 160 valence electrons. The molecule has 0 aliphatic rings. The maximum atomic E-state index is 13.3. The summed E-state index contributed by atoms with van der Waals surface area (Å²) >= 11 is 0. The second-order valence-electron chi connectivity index (χ2n) is 7.47. The molecule has 0 aliphatic heterocycles. The molecule has 3 heterocycles. The van der Waals surface area contributed by atoms with Crippen molar-refractivity contribution < 1.29 is 8.42 Å². The molecule has 8 heteroatoms. The van der Waals surface area contributed by atoms with Crippen LogP contribution >= 0.6 is 0 Å². The van der Waals surface area contributed by atoms with Crippen molar-refractivity contribution >= 4 is 26.5 Å². The zero-order valence-corrected chi connectivity index (χ0v) is 18.1. The Morgan fingerprint density at radius 1 is 1.00 bits per heavy atom. The minimum absolute atomic E-state index is 0.0919. The molecule has 0 bridgehead atoms. The lowest BCUT2D eigenvalue weighted by atomic mass is 10.2. The van der Waals surface area contributed by atoms with Crippen LogP contribution < -0.4 is 11.0 Å². The van der Waals surface area contributed by atoms with Gasteiger partial charge in [0.15, 0.2) is 0 Å². The van der Waals surface area contributed by atoms with E-state index < -0.39 is 9.84 Å². The summed E-state index contributed by atoms with van der Waals surface area (Å²) in [6, 6.07) is 14.5. The van der Waals surface area contributed by atoms with Gasteiger partial charge in [-0.2, -0.15) is 0 Å². The van der Waals surface area contributed by atoms with Crippen molar-refractivity contribution in [1.29, 1.82) is 5.41 Å². The standard InChI is InChI=1S/C23H24N4O3S/c1-2-3-4-9-15-27-21(24)19(31(29,30)17-11-6-5-7-12-17)16-18-22(27)25-20-13-8-10-14-26(20)23(18)28/h5-8,10-14,16,24H,2-4,9,15H2,1H3. The van der Waals surface area contributed by atoms with Crippen LogP contribution in [0.4, 0.5) is 0 Å². The van der Waals surface area contributed by atoms with Crippen molar-refractivity contribution in [2.45, 2.75) is 48.9 Å². The van der Waals surface area contributed by atoms with Gasteiger partial charge in [-0.1, -0.05) is 50.5 Å². The number of hydrogen-bond donors (Lipinski definition) is 1. The number of fused-ring (bicyclic) bond motifs is 2. The number of unbranched alkanes of at least 4 members (excludes halogenated alkanes) is 3. The van der Waals surface area contributed by atoms with Crippen LogP contribution in [0.1, 0.15) is 32.6 Å². The number of sulfone groups is 1. The van der Waals surface area contributed by atoms with E-state index in [0.717, 1.165) is 25.7 Å². The van der Waals surface area contributed by atoms with E-state index in [0.29, 0.717) is 17.8 Å².